The molecule has 2 heteroatoms. The molecular formula is C12H14O2. The molecule has 0 atom stereocenters. The number of rotatable bonds is 2. The molecule has 0 saturated heterocycles. The minimum Gasteiger partial charge on any atom is -0.412 e. The summed E-state index contributed by atoms with van der Waals surface area (Å²) in [5.74, 6) is 0. The minimum atomic E-state index is 0. The van der Waals surface area contributed by atoms with E-state index in [0.717, 1.165) is 6.42 Å². The molecule has 14 heavy (non-hydrogen) atoms. The van der Waals surface area contributed by atoms with Crippen molar-refractivity contribution >= 4 is 10.8 Å². The summed E-state index contributed by atoms with van der Waals surface area (Å²) in [6.45, 7) is 0.216. The van der Waals surface area contributed by atoms with Crippen LogP contribution in [0.1, 0.15) is 5.56 Å². The lowest BCUT2D eigenvalue weighted by atomic mass is 10.0. The lowest BCUT2D eigenvalue weighted by Crippen LogP contribution is -1.91. The van der Waals surface area contributed by atoms with Gasteiger partial charge < -0.3 is 10.6 Å². The van der Waals surface area contributed by atoms with Gasteiger partial charge in [0, 0.05) is 6.61 Å². The summed E-state index contributed by atoms with van der Waals surface area (Å²) in [6, 6.07) is 14.5. The fourth-order valence-electron chi connectivity index (χ4n) is 1.63. The molecular weight excluding hydrogens is 176 g/mol. The number of benzene rings is 2. The summed E-state index contributed by atoms with van der Waals surface area (Å²) >= 11 is 0. The molecule has 0 saturated carbocycles. The molecule has 2 rings (SSSR count). The Morgan fingerprint density at radius 1 is 0.929 bits per heavy atom. The summed E-state index contributed by atoms with van der Waals surface area (Å²) < 4.78 is 0. The Morgan fingerprint density at radius 3 is 2.43 bits per heavy atom. The third-order valence-corrected chi connectivity index (χ3v) is 2.26. The Balaban J connectivity index is 0.000000980. The highest BCUT2D eigenvalue weighted by Crippen LogP contribution is 2.18. The maximum Gasteiger partial charge on any atom is 0.0471 e. The van der Waals surface area contributed by atoms with Crippen LogP contribution in [0.25, 0.3) is 10.8 Å². The van der Waals surface area contributed by atoms with Gasteiger partial charge in [0.15, 0.2) is 0 Å². The van der Waals surface area contributed by atoms with Gasteiger partial charge in [-0.3, -0.25) is 0 Å². The van der Waals surface area contributed by atoms with Gasteiger partial charge in [-0.2, -0.15) is 0 Å². The Kier molecular flexibility index (Phi) is 3.63. The van der Waals surface area contributed by atoms with Crippen molar-refractivity contribution in [3.63, 3.8) is 0 Å². The average molecular weight is 190 g/mol. The van der Waals surface area contributed by atoms with Crippen molar-refractivity contribution in [1.29, 1.82) is 0 Å². The Hall–Kier alpha value is -1.38. The van der Waals surface area contributed by atoms with Crippen LogP contribution in [-0.4, -0.2) is 17.2 Å². The standard InChI is InChI=1S/C12H12O.H2O/c13-9-8-11-6-3-5-10-4-1-2-7-12(10)11;/h1-7,13H,8-9H2;1H2. The van der Waals surface area contributed by atoms with Crippen LogP contribution in [0.4, 0.5) is 0 Å². The lowest BCUT2D eigenvalue weighted by molar-refractivity contribution is 0.300. The van der Waals surface area contributed by atoms with E-state index in [1.165, 1.54) is 16.3 Å². The van der Waals surface area contributed by atoms with E-state index in [0.29, 0.717) is 0 Å². The number of hydrogen-bond donors (Lipinski definition) is 1. The van der Waals surface area contributed by atoms with Gasteiger partial charge in [0.25, 0.3) is 0 Å². The Morgan fingerprint density at radius 2 is 1.64 bits per heavy atom. The molecule has 2 aromatic rings. The van der Waals surface area contributed by atoms with Gasteiger partial charge in [-0.05, 0) is 22.8 Å². The molecule has 0 spiro atoms. The molecule has 0 aromatic heterocycles. The average Bonchev–Trinajstić information content (AvgIpc) is 2.19. The highest BCUT2D eigenvalue weighted by atomic mass is 16.2. The maximum absolute atomic E-state index is 8.88. The van der Waals surface area contributed by atoms with E-state index in [9.17, 15) is 0 Å². The van der Waals surface area contributed by atoms with Crippen LogP contribution >= 0.6 is 0 Å². The maximum atomic E-state index is 8.88. The summed E-state index contributed by atoms with van der Waals surface area (Å²) in [4.78, 5) is 0. The van der Waals surface area contributed by atoms with Crippen LogP contribution in [0.15, 0.2) is 42.5 Å². The predicted molar refractivity (Wildman–Crippen MR) is 58.4 cm³/mol. The molecule has 0 radical (unpaired) electrons. The number of aliphatic hydroxyl groups excluding tert-OH is 1. The first-order valence-corrected chi connectivity index (χ1v) is 4.49. The zero-order valence-electron chi connectivity index (χ0n) is 7.90. The summed E-state index contributed by atoms with van der Waals surface area (Å²) in [5, 5.41) is 11.4. The Labute approximate surface area is 83.1 Å². The number of hydrogen-bond acceptors (Lipinski definition) is 1. The molecule has 0 aliphatic carbocycles. The normalized spacial score (nSPS) is 9.79. The van der Waals surface area contributed by atoms with Crippen molar-refractivity contribution in [2.45, 2.75) is 6.42 Å². The largest absolute Gasteiger partial charge is 0.412 e. The van der Waals surface area contributed by atoms with Gasteiger partial charge in [-0.15, -0.1) is 0 Å². The topological polar surface area (TPSA) is 51.7 Å². The van der Waals surface area contributed by atoms with Crippen molar-refractivity contribution < 1.29 is 10.6 Å². The van der Waals surface area contributed by atoms with Crippen LogP contribution < -0.4 is 0 Å². The fraction of sp³-hybridized carbons (Fsp3) is 0.167. The molecule has 2 aromatic carbocycles. The van der Waals surface area contributed by atoms with Crippen LogP contribution in [0.2, 0.25) is 0 Å². The third-order valence-electron chi connectivity index (χ3n) is 2.26. The molecule has 0 heterocycles. The van der Waals surface area contributed by atoms with Gasteiger partial charge in [0.2, 0.25) is 0 Å². The highest BCUT2D eigenvalue weighted by molar-refractivity contribution is 5.85. The molecule has 0 bridgehead atoms. The first kappa shape index (κ1) is 10.7. The summed E-state index contributed by atoms with van der Waals surface area (Å²) in [6.07, 6.45) is 0.737. The molecule has 2 nitrogen and oxygen atoms in total. The molecule has 0 amide bonds. The second-order valence-electron chi connectivity index (χ2n) is 3.11. The van der Waals surface area contributed by atoms with Crippen molar-refractivity contribution in [2.75, 3.05) is 6.61 Å². The minimum absolute atomic E-state index is 0. The first-order valence-electron chi connectivity index (χ1n) is 4.49. The summed E-state index contributed by atoms with van der Waals surface area (Å²) in [5.41, 5.74) is 1.22. The number of fused-ring (bicyclic) bond motifs is 1. The van der Waals surface area contributed by atoms with Gasteiger partial charge >= 0.3 is 0 Å². The van der Waals surface area contributed by atoms with E-state index >= 15 is 0 Å². The van der Waals surface area contributed by atoms with Gasteiger partial charge in [0.05, 0.1) is 0 Å². The van der Waals surface area contributed by atoms with Crippen molar-refractivity contribution in [1.82, 2.24) is 0 Å². The van der Waals surface area contributed by atoms with Gasteiger partial charge in [-0.25, -0.2) is 0 Å². The van der Waals surface area contributed by atoms with Crippen LogP contribution in [0.3, 0.4) is 0 Å². The fourth-order valence-corrected chi connectivity index (χ4v) is 1.63. The number of aliphatic hydroxyl groups is 1. The smallest absolute Gasteiger partial charge is 0.0471 e. The van der Waals surface area contributed by atoms with Gasteiger partial charge in [-0.1, -0.05) is 42.5 Å². The van der Waals surface area contributed by atoms with E-state index < -0.39 is 0 Å². The zero-order chi connectivity index (χ0) is 9.10. The molecule has 0 unspecified atom stereocenters. The molecule has 0 aliphatic heterocycles. The highest BCUT2D eigenvalue weighted by Gasteiger charge is 1.97. The molecule has 0 fully saturated rings. The predicted octanol–water partition coefficient (Wildman–Crippen LogP) is 1.55. The van der Waals surface area contributed by atoms with Crippen LogP contribution in [0, 0.1) is 0 Å². The summed E-state index contributed by atoms with van der Waals surface area (Å²) in [7, 11) is 0. The second kappa shape index (κ2) is 4.74. The van der Waals surface area contributed by atoms with E-state index in [2.05, 4.69) is 24.3 Å². The van der Waals surface area contributed by atoms with E-state index in [1.54, 1.807) is 0 Å². The monoisotopic (exact) mass is 190 g/mol. The van der Waals surface area contributed by atoms with Crippen molar-refractivity contribution in [2.24, 2.45) is 0 Å². The van der Waals surface area contributed by atoms with E-state index in [-0.39, 0.29) is 12.1 Å². The quantitative estimate of drug-likeness (QED) is 0.767. The molecule has 3 N–H and O–H groups in total. The van der Waals surface area contributed by atoms with Gasteiger partial charge in [0.1, 0.15) is 0 Å². The van der Waals surface area contributed by atoms with E-state index in [4.69, 9.17) is 5.11 Å². The molecule has 0 aliphatic rings. The van der Waals surface area contributed by atoms with Crippen LogP contribution in [-0.2, 0) is 6.42 Å². The van der Waals surface area contributed by atoms with Crippen molar-refractivity contribution in [3.05, 3.63) is 48.0 Å². The second-order valence-corrected chi connectivity index (χ2v) is 3.11. The van der Waals surface area contributed by atoms with E-state index in [1.807, 2.05) is 18.2 Å². The SMILES string of the molecule is O.OCCc1cccc2ccccc12. The zero-order valence-corrected chi connectivity index (χ0v) is 7.90. The van der Waals surface area contributed by atoms with Crippen molar-refractivity contribution in [3.8, 4) is 0 Å². The molecule has 74 valence electrons. The Bertz CT molecular complexity index is 404. The third kappa shape index (κ3) is 1.92. The lowest BCUT2D eigenvalue weighted by Gasteiger charge is -2.03. The first-order chi connectivity index (χ1) is 6.42. The van der Waals surface area contributed by atoms with Crippen LogP contribution in [0.5, 0.6) is 0 Å².